The molecule has 0 aromatic rings. The van der Waals surface area contributed by atoms with Crippen LogP contribution in [0.1, 0.15) is 32.6 Å². The molecule has 0 aliphatic heterocycles. The fourth-order valence-electron chi connectivity index (χ4n) is 2.89. The Morgan fingerprint density at radius 3 is 0.842 bits per heavy atom. The van der Waals surface area contributed by atoms with Crippen molar-refractivity contribution in [3.8, 4) is 0 Å². The van der Waals surface area contributed by atoms with Gasteiger partial charge in [-0.25, -0.2) is 0 Å². The van der Waals surface area contributed by atoms with Crippen LogP contribution in [-0.4, -0.2) is 146 Å². The van der Waals surface area contributed by atoms with E-state index in [1.807, 2.05) is 7.05 Å². The molecule has 0 aliphatic rings. The highest BCUT2D eigenvalue weighted by molar-refractivity contribution is 4.41. The van der Waals surface area contributed by atoms with Crippen molar-refractivity contribution in [1.29, 1.82) is 0 Å². The maximum atomic E-state index is 5.52. The summed E-state index contributed by atoms with van der Waals surface area (Å²) in [5.41, 5.74) is 0. The van der Waals surface area contributed by atoms with Gasteiger partial charge in [0.2, 0.25) is 0 Å². The first kappa shape index (κ1) is 37.6. The van der Waals surface area contributed by atoms with E-state index in [9.17, 15) is 0 Å². The molecule has 1 N–H and O–H groups in total. The van der Waals surface area contributed by atoms with Crippen molar-refractivity contribution in [2.45, 2.75) is 32.6 Å². The molecule has 0 fully saturated rings. The van der Waals surface area contributed by atoms with Gasteiger partial charge in [-0.2, -0.15) is 0 Å². The van der Waals surface area contributed by atoms with Crippen LogP contribution < -0.4 is 5.32 Å². The van der Waals surface area contributed by atoms with Crippen LogP contribution in [0.5, 0.6) is 0 Å². The van der Waals surface area contributed by atoms with E-state index in [4.69, 9.17) is 47.4 Å². The van der Waals surface area contributed by atoms with Crippen molar-refractivity contribution in [3.63, 3.8) is 0 Å². The summed E-state index contributed by atoms with van der Waals surface area (Å²) in [5, 5.41) is 3.02. The number of rotatable bonds is 35. The van der Waals surface area contributed by atoms with E-state index in [1.54, 1.807) is 0 Å². The van der Waals surface area contributed by atoms with E-state index in [2.05, 4.69) is 12.2 Å². The first-order chi connectivity index (χ1) is 18.9. The average molecular weight is 556 g/mol. The van der Waals surface area contributed by atoms with Crippen LogP contribution in [-0.2, 0) is 47.4 Å². The van der Waals surface area contributed by atoms with Crippen LogP contribution in [0.3, 0.4) is 0 Å². The lowest BCUT2D eigenvalue weighted by atomic mass is 10.2. The van der Waals surface area contributed by atoms with E-state index in [0.717, 1.165) is 19.6 Å². The van der Waals surface area contributed by atoms with Crippen molar-refractivity contribution < 1.29 is 47.4 Å². The molecule has 11 nitrogen and oxygen atoms in total. The van der Waals surface area contributed by atoms with Gasteiger partial charge in [-0.3, -0.25) is 0 Å². The van der Waals surface area contributed by atoms with Gasteiger partial charge in [0.25, 0.3) is 0 Å². The standard InChI is InChI=1S/C27H57NO10/c1-3-4-5-6-8-29-10-12-31-14-16-33-18-20-35-22-24-37-26-27-38-25-23-36-21-19-34-17-15-32-13-11-30-9-7-28-2/h28H,3-27H2,1-2H3. The van der Waals surface area contributed by atoms with Crippen LogP contribution in [0.2, 0.25) is 0 Å². The normalized spacial score (nSPS) is 11.5. The summed E-state index contributed by atoms with van der Waals surface area (Å²) in [4.78, 5) is 0. The fraction of sp³-hybridized carbons (Fsp3) is 1.00. The van der Waals surface area contributed by atoms with Crippen LogP contribution in [0.4, 0.5) is 0 Å². The van der Waals surface area contributed by atoms with Crippen molar-refractivity contribution in [2.75, 3.05) is 146 Å². The Morgan fingerprint density at radius 2 is 0.579 bits per heavy atom. The van der Waals surface area contributed by atoms with Gasteiger partial charge in [0.15, 0.2) is 0 Å². The van der Waals surface area contributed by atoms with Crippen LogP contribution in [0, 0.1) is 0 Å². The van der Waals surface area contributed by atoms with Gasteiger partial charge in [-0.15, -0.1) is 0 Å². The summed E-state index contributed by atoms with van der Waals surface area (Å²) in [6, 6.07) is 0. The molecule has 38 heavy (non-hydrogen) atoms. The van der Waals surface area contributed by atoms with Gasteiger partial charge < -0.3 is 52.7 Å². The molecule has 0 heterocycles. The number of nitrogens with one attached hydrogen (secondary N) is 1. The molecule has 0 aromatic heterocycles. The third-order valence-corrected chi connectivity index (χ3v) is 4.99. The molecule has 0 saturated carbocycles. The van der Waals surface area contributed by atoms with Gasteiger partial charge in [-0.05, 0) is 13.5 Å². The van der Waals surface area contributed by atoms with Crippen molar-refractivity contribution in [3.05, 3.63) is 0 Å². The fourth-order valence-corrected chi connectivity index (χ4v) is 2.89. The van der Waals surface area contributed by atoms with Crippen molar-refractivity contribution in [2.24, 2.45) is 0 Å². The van der Waals surface area contributed by atoms with E-state index in [-0.39, 0.29) is 0 Å². The maximum absolute atomic E-state index is 5.52. The highest BCUT2D eigenvalue weighted by Gasteiger charge is 1.96. The Morgan fingerprint density at radius 1 is 0.316 bits per heavy atom. The molecule has 0 radical (unpaired) electrons. The Kier molecular flexibility index (Phi) is 36.1. The largest absolute Gasteiger partial charge is 0.379 e. The molecule has 0 rings (SSSR count). The third kappa shape index (κ3) is 35.6. The highest BCUT2D eigenvalue weighted by atomic mass is 16.6. The number of hydrogen-bond acceptors (Lipinski definition) is 11. The van der Waals surface area contributed by atoms with E-state index in [1.165, 1.54) is 19.3 Å². The number of ether oxygens (including phenoxy) is 10. The van der Waals surface area contributed by atoms with Gasteiger partial charge >= 0.3 is 0 Å². The molecule has 11 heteroatoms. The van der Waals surface area contributed by atoms with Crippen LogP contribution in [0.15, 0.2) is 0 Å². The number of hydrogen-bond donors (Lipinski definition) is 1. The second-order valence-electron chi connectivity index (χ2n) is 8.29. The minimum atomic E-state index is 0.531. The number of likely N-dealkylation sites (N-methyl/N-ethyl adjacent to an activating group) is 1. The summed E-state index contributed by atoms with van der Waals surface area (Å²) in [6.07, 6.45) is 4.91. The molecule has 0 bridgehead atoms. The summed E-state index contributed by atoms with van der Waals surface area (Å²) in [7, 11) is 1.90. The predicted octanol–water partition coefficient (Wildman–Crippen LogP) is 1.95. The Labute approximate surface area is 231 Å². The van der Waals surface area contributed by atoms with E-state index in [0.29, 0.717) is 126 Å². The van der Waals surface area contributed by atoms with Gasteiger partial charge in [0.1, 0.15) is 0 Å². The van der Waals surface area contributed by atoms with Gasteiger partial charge in [-0.1, -0.05) is 26.2 Å². The monoisotopic (exact) mass is 555 g/mol. The summed E-state index contributed by atoms with van der Waals surface area (Å²) >= 11 is 0. The zero-order chi connectivity index (χ0) is 27.5. The quantitative estimate of drug-likeness (QED) is 0.116. The molecule has 0 aromatic carbocycles. The second-order valence-corrected chi connectivity index (χ2v) is 8.29. The van der Waals surface area contributed by atoms with E-state index < -0.39 is 0 Å². The Hall–Kier alpha value is -0.440. The van der Waals surface area contributed by atoms with Crippen molar-refractivity contribution in [1.82, 2.24) is 5.32 Å². The predicted molar refractivity (Wildman–Crippen MR) is 146 cm³/mol. The van der Waals surface area contributed by atoms with Gasteiger partial charge in [0.05, 0.1) is 126 Å². The first-order valence-electron chi connectivity index (χ1n) is 14.3. The smallest absolute Gasteiger partial charge is 0.0701 e. The molecule has 0 unspecified atom stereocenters. The molecule has 0 atom stereocenters. The molecular formula is C27H57NO10. The molecule has 0 spiro atoms. The minimum Gasteiger partial charge on any atom is -0.379 e. The lowest BCUT2D eigenvalue weighted by molar-refractivity contribution is -0.0264. The van der Waals surface area contributed by atoms with Crippen LogP contribution >= 0.6 is 0 Å². The Bertz CT molecular complexity index is 374. The zero-order valence-corrected chi connectivity index (χ0v) is 24.3. The molecule has 0 aliphatic carbocycles. The SMILES string of the molecule is CCCCCCOCCOCCOCCOCCOCCOCCOCCOCCOCCOCCNC. The third-order valence-electron chi connectivity index (χ3n) is 4.99. The van der Waals surface area contributed by atoms with Crippen molar-refractivity contribution >= 4 is 0 Å². The lowest BCUT2D eigenvalue weighted by Crippen LogP contribution is -2.17. The zero-order valence-electron chi connectivity index (χ0n) is 24.3. The summed E-state index contributed by atoms with van der Waals surface area (Å²) in [5.74, 6) is 0. The lowest BCUT2D eigenvalue weighted by Gasteiger charge is -2.09. The molecule has 0 amide bonds. The maximum Gasteiger partial charge on any atom is 0.0701 e. The summed E-state index contributed by atoms with van der Waals surface area (Å²) in [6.45, 7) is 14.6. The molecular weight excluding hydrogens is 498 g/mol. The highest BCUT2D eigenvalue weighted by Crippen LogP contribution is 1.98. The molecule has 0 saturated heterocycles. The second kappa shape index (κ2) is 36.6. The topological polar surface area (TPSA) is 104 Å². The van der Waals surface area contributed by atoms with E-state index >= 15 is 0 Å². The van der Waals surface area contributed by atoms with Gasteiger partial charge in [0, 0.05) is 13.2 Å². The average Bonchev–Trinajstić information content (AvgIpc) is 2.93. The number of unbranched alkanes of at least 4 members (excludes halogenated alkanes) is 3. The summed E-state index contributed by atoms with van der Waals surface area (Å²) < 4.78 is 54.5. The molecule has 230 valence electrons. The van der Waals surface area contributed by atoms with Crippen LogP contribution in [0.25, 0.3) is 0 Å². The first-order valence-corrected chi connectivity index (χ1v) is 14.3. The Balaban J connectivity index is 3.01. The minimum absolute atomic E-state index is 0.531.